The predicted octanol–water partition coefficient (Wildman–Crippen LogP) is 0.656. The van der Waals surface area contributed by atoms with Crippen LogP contribution >= 0.6 is 0 Å². The zero-order valence-electron chi connectivity index (χ0n) is 15.3. The zero-order chi connectivity index (χ0) is 18.9. The highest BCUT2D eigenvalue weighted by atomic mass is 32.2. The molecular weight excluding hydrogens is 354 g/mol. The van der Waals surface area contributed by atoms with Gasteiger partial charge in [-0.15, -0.1) is 0 Å². The van der Waals surface area contributed by atoms with E-state index in [1.807, 2.05) is 19.0 Å². The summed E-state index contributed by atoms with van der Waals surface area (Å²) in [6, 6.07) is 6.33. The first kappa shape index (κ1) is 19.3. The lowest BCUT2D eigenvalue weighted by atomic mass is 9.93. The normalized spacial score (nSPS) is 24.6. The molecule has 2 N–H and O–H groups in total. The highest BCUT2D eigenvalue weighted by molar-refractivity contribution is 7.89. The van der Waals surface area contributed by atoms with Gasteiger partial charge >= 0.3 is 0 Å². The second-order valence-electron chi connectivity index (χ2n) is 7.68. The first-order chi connectivity index (χ1) is 12.2. The third kappa shape index (κ3) is 4.09. The van der Waals surface area contributed by atoms with Crippen LogP contribution in [0.4, 0.5) is 0 Å². The van der Waals surface area contributed by atoms with Crippen molar-refractivity contribution in [3.05, 3.63) is 29.8 Å². The fourth-order valence-electron chi connectivity index (χ4n) is 3.51. The van der Waals surface area contributed by atoms with Crippen LogP contribution in [0.25, 0.3) is 0 Å². The number of aliphatic hydroxyl groups is 1. The van der Waals surface area contributed by atoms with Crippen molar-refractivity contribution in [1.29, 1.82) is 0 Å². The van der Waals surface area contributed by atoms with Crippen molar-refractivity contribution in [3.8, 4) is 0 Å². The Morgan fingerprint density at radius 1 is 1.38 bits per heavy atom. The third-order valence-corrected chi connectivity index (χ3v) is 6.92. The van der Waals surface area contributed by atoms with Gasteiger partial charge in [0.05, 0.1) is 10.5 Å². The number of sulfonamides is 1. The Morgan fingerprint density at radius 3 is 2.73 bits per heavy atom. The van der Waals surface area contributed by atoms with Crippen molar-refractivity contribution in [2.24, 2.45) is 0 Å². The van der Waals surface area contributed by atoms with Gasteiger partial charge in [0.25, 0.3) is 5.91 Å². The number of carbonyl (C=O) groups excluding carboxylic acids is 1. The van der Waals surface area contributed by atoms with Crippen LogP contribution in [0.2, 0.25) is 0 Å². The van der Waals surface area contributed by atoms with Crippen LogP contribution in [0.1, 0.15) is 36.0 Å². The van der Waals surface area contributed by atoms with Crippen LogP contribution in [0.5, 0.6) is 0 Å². The predicted molar refractivity (Wildman–Crippen MR) is 98.4 cm³/mol. The number of β-amino-alcohol motifs (C(OH)–C–C–N with tert-alkyl or cyclic N) is 1. The van der Waals surface area contributed by atoms with E-state index in [-0.39, 0.29) is 29.9 Å². The van der Waals surface area contributed by atoms with E-state index in [1.165, 1.54) is 16.4 Å². The quantitative estimate of drug-likeness (QED) is 0.755. The minimum Gasteiger partial charge on any atom is -0.387 e. The number of carbonyl (C=O) groups is 1. The number of nitrogens with one attached hydrogen (secondary N) is 1. The maximum absolute atomic E-state index is 12.9. The molecule has 2 fully saturated rings. The molecule has 1 aliphatic heterocycles. The second kappa shape index (κ2) is 7.26. The SMILES string of the molecule is CN(C)C[C@@]1(O)CCN(S(=O)(=O)c2cccc(C(=O)NC3CCC3)c2)C1. The van der Waals surface area contributed by atoms with Crippen LogP contribution in [-0.2, 0) is 10.0 Å². The van der Waals surface area contributed by atoms with Crippen LogP contribution in [0.3, 0.4) is 0 Å². The molecule has 8 heteroatoms. The van der Waals surface area contributed by atoms with E-state index >= 15 is 0 Å². The van der Waals surface area contributed by atoms with Crippen LogP contribution in [0, 0.1) is 0 Å². The summed E-state index contributed by atoms with van der Waals surface area (Å²) in [6.07, 6.45) is 3.46. The van der Waals surface area contributed by atoms with Gasteiger partial charge in [-0.05, 0) is 58.0 Å². The topological polar surface area (TPSA) is 90.0 Å². The van der Waals surface area contributed by atoms with Gasteiger partial charge in [0.2, 0.25) is 10.0 Å². The Balaban J connectivity index is 1.75. The number of rotatable bonds is 6. The van der Waals surface area contributed by atoms with E-state index in [2.05, 4.69) is 5.32 Å². The molecule has 1 atom stereocenters. The van der Waals surface area contributed by atoms with Gasteiger partial charge in [-0.3, -0.25) is 4.79 Å². The molecule has 2 aliphatic rings. The lowest BCUT2D eigenvalue weighted by Gasteiger charge is -2.27. The molecule has 0 bridgehead atoms. The highest BCUT2D eigenvalue weighted by Gasteiger charge is 2.42. The molecule has 1 aromatic rings. The summed E-state index contributed by atoms with van der Waals surface area (Å²) in [5, 5.41) is 13.5. The van der Waals surface area contributed by atoms with E-state index in [4.69, 9.17) is 0 Å². The smallest absolute Gasteiger partial charge is 0.251 e. The van der Waals surface area contributed by atoms with Crippen LogP contribution in [-0.4, -0.2) is 74.0 Å². The molecule has 1 heterocycles. The van der Waals surface area contributed by atoms with Crippen molar-refractivity contribution >= 4 is 15.9 Å². The van der Waals surface area contributed by atoms with Gasteiger partial charge in [-0.1, -0.05) is 6.07 Å². The third-order valence-electron chi connectivity index (χ3n) is 5.08. The summed E-state index contributed by atoms with van der Waals surface area (Å²) >= 11 is 0. The maximum Gasteiger partial charge on any atom is 0.251 e. The van der Waals surface area contributed by atoms with Crippen molar-refractivity contribution in [1.82, 2.24) is 14.5 Å². The molecule has 1 saturated carbocycles. The van der Waals surface area contributed by atoms with Crippen molar-refractivity contribution in [2.45, 2.75) is 42.2 Å². The fraction of sp³-hybridized carbons (Fsp3) is 0.611. The molecule has 0 radical (unpaired) electrons. The molecular formula is C18H27N3O4S. The van der Waals surface area contributed by atoms with Gasteiger partial charge in [-0.25, -0.2) is 8.42 Å². The van der Waals surface area contributed by atoms with Gasteiger partial charge in [0.15, 0.2) is 0 Å². The van der Waals surface area contributed by atoms with Crippen LogP contribution in [0.15, 0.2) is 29.2 Å². The molecule has 1 aliphatic carbocycles. The van der Waals surface area contributed by atoms with Crippen molar-refractivity contribution in [3.63, 3.8) is 0 Å². The summed E-state index contributed by atoms with van der Waals surface area (Å²) < 4.78 is 27.2. The molecule has 1 aromatic carbocycles. The minimum absolute atomic E-state index is 0.0615. The fourth-order valence-corrected chi connectivity index (χ4v) is 5.08. The molecule has 1 amide bonds. The lowest BCUT2D eigenvalue weighted by molar-refractivity contribution is 0.0302. The summed E-state index contributed by atoms with van der Waals surface area (Å²) in [6.45, 7) is 0.736. The van der Waals surface area contributed by atoms with Gasteiger partial charge in [0.1, 0.15) is 0 Å². The van der Waals surface area contributed by atoms with Crippen molar-refractivity contribution in [2.75, 3.05) is 33.7 Å². The van der Waals surface area contributed by atoms with Gasteiger partial charge in [0, 0.05) is 31.2 Å². The summed E-state index contributed by atoms with van der Waals surface area (Å²) in [7, 11) is -0.0537. The monoisotopic (exact) mass is 381 g/mol. The molecule has 0 spiro atoms. The van der Waals surface area contributed by atoms with E-state index < -0.39 is 15.6 Å². The van der Waals surface area contributed by atoms with Crippen molar-refractivity contribution < 1.29 is 18.3 Å². The number of nitrogens with zero attached hydrogens (tertiary/aromatic N) is 2. The average molecular weight is 381 g/mol. The van der Waals surface area contributed by atoms with E-state index in [0.29, 0.717) is 18.5 Å². The number of benzene rings is 1. The Morgan fingerprint density at radius 2 is 2.12 bits per heavy atom. The number of hydrogen-bond acceptors (Lipinski definition) is 5. The molecule has 26 heavy (non-hydrogen) atoms. The van der Waals surface area contributed by atoms with E-state index in [0.717, 1.165) is 19.3 Å². The van der Waals surface area contributed by atoms with Crippen LogP contribution < -0.4 is 5.32 Å². The zero-order valence-corrected chi connectivity index (χ0v) is 16.1. The summed E-state index contributed by atoms with van der Waals surface area (Å²) in [5.41, 5.74) is -0.698. The summed E-state index contributed by atoms with van der Waals surface area (Å²) in [4.78, 5) is 14.2. The first-order valence-electron chi connectivity index (χ1n) is 8.98. The molecule has 144 valence electrons. The number of likely N-dealkylation sites (N-methyl/N-ethyl adjacent to an activating group) is 1. The summed E-state index contributed by atoms with van der Waals surface area (Å²) in [5.74, 6) is -0.239. The second-order valence-corrected chi connectivity index (χ2v) is 9.62. The minimum atomic E-state index is -3.75. The molecule has 7 nitrogen and oxygen atoms in total. The average Bonchev–Trinajstić information content (AvgIpc) is 2.92. The highest BCUT2D eigenvalue weighted by Crippen LogP contribution is 2.28. The van der Waals surface area contributed by atoms with Gasteiger partial charge in [-0.2, -0.15) is 4.31 Å². The Kier molecular flexibility index (Phi) is 5.39. The Hall–Kier alpha value is -1.48. The first-order valence-corrected chi connectivity index (χ1v) is 10.4. The van der Waals surface area contributed by atoms with E-state index in [1.54, 1.807) is 12.1 Å². The number of hydrogen-bond donors (Lipinski definition) is 2. The molecule has 1 saturated heterocycles. The molecule has 3 rings (SSSR count). The maximum atomic E-state index is 12.9. The Bertz CT molecular complexity index is 776. The largest absolute Gasteiger partial charge is 0.387 e. The van der Waals surface area contributed by atoms with E-state index in [9.17, 15) is 18.3 Å². The lowest BCUT2D eigenvalue weighted by Crippen LogP contribution is -2.43. The molecule has 0 unspecified atom stereocenters. The standard InChI is InChI=1S/C18H27N3O4S/c1-20(2)12-18(23)9-10-21(13-18)26(24,25)16-8-3-5-14(11-16)17(22)19-15-6-4-7-15/h3,5,8,11,15,23H,4,6-7,9-10,12-13H2,1-2H3,(H,19,22)/t18-/m0/s1. The Labute approximate surface area is 155 Å². The molecule has 0 aromatic heterocycles. The number of amides is 1. The van der Waals surface area contributed by atoms with Gasteiger partial charge < -0.3 is 15.3 Å².